The van der Waals surface area contributed by atoms with Crippen molar-refractivity contribution in [1.29, 1.82) is 0 Å². The molecule has 15 heavy (non-hydrogen) atoms. The average Bonchev–Trinajstić information content (AvgIpc) is 2.27. The molecule has 1 aromatic heterocycles. The van der Waals surface area contributed by atoms with Crippen LogP contribution in [0.25, 0.3) is 0 Å². The Kier molecular flexibility index (Phi) is 3.00. The van der Waals surface area contributed by atoms with Crippen molar-refractivity contribution in [2.45, 2.75) is 26.3 Å². The van der Waals surface area contributed by atoms with Gasteiger partial charge in [-0.25, -0.2) is 4.98 Å². The molecule has 0 saturated heterocycles. The summed E-state index contributed by atoms with van der Waals surface area (Å²) in [6.07, 6.45) is 2.84. The predicted molar refractivity (Wildman–Crippen MR) is 64.6 cm³/mol. The number of aromatic nitrogens is 1. The van der Waals surface area contributed by atoms with Crippen molar-refractivity contribution >= 4 is 23.1 Å². The second-order valence-corrected chi connectivity index (χ2v) is 4.50. The zero-order valence-corrected chi connectivity index (χ0v) is 9.80. The highest BCUT2D eigenvalue weighted by Gasteiger charge is 2.22. The molecule has 4 heteroatoms. The first-order valence-electron chi connectivity index (χ1n) is 5.36. The Morgan fingerprint density at radius 3 is 3.20 bits per heavy atom. The molecule has 3 nitrogen and oxygen atoms in total. The van der Waals surface area contributed by atoms with E-state index in [0.29, 0.717) is 17.0 Å². The summed E-state index contributed by atoms with van der Waals surface area (Å²) in [5, 5.41) is 7.47. The molecule has 0 aliphatic carbocycles. The normalized spacial score (nSPS) is 21.1. The minimum Gasteiger partial charge on any atom is -0.380 e. The fourth-order valence-electron chi connectivity index (χ4n) is 1.76. The highest BCUT2D eigenvalue weighted by Crippen LogP contribution is 2.28. The smallest absolute Gasteiger partial charge is 0.149 e. The van der Waals surface area contributed by atoms with E-state index >= 15 is 0 Å². The average molecular weight is 226 g/mol. The molecule has 0 spiro atoms. The fourth-order valence-corrected chi connectivity index (χ4v) is 1.92. The summed E-state index contributed by atoms with van der Waals surface area (Å²) in [5.41, 5.74) is 1.00. The molecular formula is C11H16ClN3. The Balaban J connectivity index is 2.16. The van der Waals surface area contributed by atoms with Gasteiger partial charge in [0.15, 0.2) is 0 Å². The Morgan fingerprint density at radius 2 is 2.47 bits per heavy atom. The lowest BCUT2D eigenvalue weighted by molar-refractivity contribution is 0.476. The molecule has 0 fully saturated rings. The van der Waals surface area contributed by atoms with E-state index in [1.165, 1.54) is 6.42 Å². The molecule has 2 atom stereocenters. The van der Waals surface area contributed by atoms with Gasteiger partial charge in [0, 0.05) is 18.8 Å². The minimum atomic E-state index is 0.455. The maximum Gasteiger partial charge on any atom is 0.149 e. The van der Waals surface area contributed by atoms with Gasteiger partial charge in [-0.15, -0.1) is 0 Å². The Hall–Kier alpha value is -0.960. The van der Waals surface area contributed by atoms with Gasteiger partial charge in [-0.05, 0) is 12.0 Å². The summed E-state index contributed by atoms with van der Waals surface area (Å²) in [5.74, 6) is 1.55. The van der Waals surface area contributed by atoms with Crippen molar-refractivity contribution in [2.24, 2.45) is 5.92 Å². The van der Waals surface area contributed by atoms with Crippen LogP contribution in [0, 0.1) is 5.92 Å². The molecule has 1 aliphatic rings. The molecule has 0 bridgehead atoms. The van der Waals surface area contributed by atoms with Crippen LogP contribution in [0.15, 0.2) is 12.3 Å². The Bertz CT molecular complexity index is 354. The standard InChI is InChI=1S/C11H16ClN3/c1-3-7(2)10-6-13-9-4-8(12)5-14-11(9)15-10/h4-5,7,10,13H,3,6H2,1-2H3,(H,14,15). The molecule has 2 unspecified atom stereocenters. The van der Waals surface area contributed by atoms with Gasteiger partial charge in [-0.2, -0.15) is 0 Å². The topological polar surface area (TPSA) is 37.0 Å². The summed E-state index contributed by atoms with van der Waals surface area (Å²) >= 11 is 5.87. The predicted octanol–water partition coefficient (Wildman–Crippen LogP) is 2.99. The number of fused-ring (bicyclic) bond motifs is 1. The van der Waals surface area contributed by atoms with Crippen LogP contribution < -0.4 is 10.6 Å². The lowest BCUT2D eigenvalue weighted by Gasteiger charge is -2.31. The van der Waals surface area contributed by atoms with E-state index in [-0.39, 0.29) is 0 Å². The van der Waals surface area contributed by atoms with Crippen molar-refractivity contribution in [1.82, 2.24) is 4.98 Å². The Morgan fingerprint density at radius 1 is 1.67 bits per heavy atom. The summed E-state index contributed by atoms with van der Waals surface area (Å²) in [6, 6.07) is 2.36. The van der Waals surface area contributed by atoms with Crippen molar-refractivity contribution in [3.8, 4) is 0 Å². The molecule has 2 N–H and O–H groups in total. The molecule has 82 valence electrons. The third-order valence-electron chi connectivity index (χ3n) is 3.02. The number of rotatable bonds is 2. The van der Waals surface area contributed by atoms with Gasteiger partial charge in [0.25, 0.3) is 0 Å². The van der Waals surface area contributed by atoms with Crippen LogP contribution in [-0.2, 0) is 0 Å². The van der Waals surface area contributed by atoms with Crippen LogP contribution in [0.2, 0.25) is 5.02 Å². The summed E-state index contributed by atoms with van der Waals surface area (Å²) in [6.45, 7) is 5.39. The van der Waals surface area contributed by atoms with E-state index in [2.05, 4.69) is 29.5 Å². The molecule has 0 radical (unpaired) electrons. The number of anilines is 2. The number of hydrogen-bond acceptors (Lipinski definition) is 3. The fraction of sp³-hybridized carbons (Fsp3) is 0.545. The molecule has 1 aliphatic heterocycles. The van der Waals surface area contributed by atoms with Crippen LogP contribution in [-0.4, -0.2) is 17.6 Å². The second-order valence-electron chi connectivity index (χ2n) is 4.07. The van der Waals surface area contributed by atoms with Gasteiger partial charge >= 0.3 is 0 Å². The van der Waals surface area contributed by atoms with Crippen molar-refractivity contribution < 1.29 is 0 Å². The van der Waals surface area contributed by atoms with Gasteiger partial charge < -0.3 is 10.6 Å². The van der Waals surface area contributed by atoms with E-state index < -0.39 is 0 Å². The zero-order valence-electron chi connectivity index (χ0n) is 9.05. The molecule has 0 amide bonds. The first kappa shape index (κ1) is 10.6. The number of pyridine rings is 1. The van der Waals surface area contributed by atoms with Crippen molar-refractivity contribution in [2.75, 3.05) is 17.2 Å². The van der Waals surface area contributed by atoms with Crippen molar-refractivity contribution in [3.63, 3.8) is 0 Å². The van der Waals surface area contributed by atoms with Crippen LogP contribution in [0.4, 0.5) is 11.5 Å². The summed E-state index contributed by atoms with van der Waals surface area (Å²) < 4.78 is 0. The van der Waals surface area contributed by atoms with Crippen LogP contribution in [0.3, 0.4) is 0 Å². The van der Waals surface area contributed by atoms with E-state index in [1.54, 1.807) is 6.20 Å². The largest absolute Gasteiger partial charge is 0.380 e. The third kappa shape index (κ3) is 2.17. The lowest BCUT2D eigenvalue weighted by Crippen LogP contribution is -2.38. The van der Waals surface area contributed by atoms with E-state index in [9.17, 15) is 0 Å². The van der Waals surface area contributed by atoms with E-state index in [4.69, 9.17) is 11.6 Å². The maximum absolute atomic E-state index is 5.87. The third-order valence-corrected chi connectivity index (χ3v) is 3.23. The maximum atomic E-state index is 5.87. The van der Waals surface area contributed by atoms with Gasteiger partial charge in [-0.1, -0.05) is 31.9 Å². The molecular weight excluding hydrogens is 210 g/mol. The van der Waals surface area contributed by atoms with Gasteiger partial charge in [-0.3, -0.25) is 0 Å². The minimum absolute atomic E-state index is 0.455. The van der Waals surface area contributed by atoms with Crippen LogP contribution in [0.1, 0.15) is 20.3 Å². The van der Waals surface area contributed by atoms with E-state index in [1.807, 2.05) is 6.07 Å². The zero-order chi connectivity index (χ0) is 10.8. The summed E-state index contributed by atoms with van der Waals surface area (Å²) in [4.78, 5) is 4.28. The summed E-state index contributed by atoms with van der Waals surface area (Å²) in [7, 11) is 0. The molecule has 2 heterocycles. The molecule has 1 aromatic rings. The first-order valence-corrected chi connectivity index (χ1v) is 5.74. The SMILES string of the molecule is CCC(C)C1CNc2cc(Cl)cnc2N1. The van der Waals surface area contributed by atoms with Crippen LogP contribution in [0.5, 0.6) is 0 Å². The first-order chi connectivity index (χ1) is 7.20. The number of nitrogens with one attached hydrogen (secondary N) is 2. The number of nitrogens with zero attached hydrogens (tertiary/aromatic N) is 1. The monoisotopic (exact) mass is 225 g/mol. The highest BCUT2D eigenvalue weighted by molar-refractivity contribution is 6.30. The second kappa shape index (κ2) is 4.27. The quantitative estimate of drug-likeness (QED) is 0.813. The molecule has 0 saturated carbocycles. The molecule has 0 aromatic carbocycles. The number of hydrogen-bond donors (Lipinski definition) is 2. The van der Waals surface area contributed by atoms with Gasteiger partial charge in [0.1, 0.15) is 5.82 Å². The van der Waals surface area contributed by atoms with E-state index in [0.717, 1.165) is 18.1 Å². The Labute approximate surface area is 95.2 Å². The molecule has 2 rings (SSSR count). The number of halogens is 1. The highest BCUT2D eigenvalue weighted by atomic mass is 35.5. The van der Waals surface area contributed by atoms with Crippen LogP contribution >= 0.6 is 11.6 Å². The lowest BCUT2D eigenvalue weighted by atomic mass is 9.98. The van der Waals surface area contributed by atoms with Gasteiger partial charge in [0.2, 0.25) is 0 Å². The van der Waals surface area contributed by atoms with Crippen molar-refractivity contribution in [3.05, 3.63) is 17.3 Å². The van der Waals surface area contributed by atoms with Gasteiger partial charge in [0.05, 0.1) is 10.7 Å².